The Morgan fingerprint density at radius 3 is 2.75 bits per heavy atom. The fraction of sp³-hybridized carbons (Fsp3) is 0.286. The molecule has 0 amide bonds. The van der Waals surface area contributed by atoms with Gasteiger partial charge >= 0.3 is 5.97 Å². The predicted octanol–water partition coefficient (Wildman–Crippen LogP) is -0.0420. The van der Waals surface area contributed by atoms with Crippen molar-refractivity contribution < 1.29 is 9.90 Å². The third-order valence-corrected chi connectivity index (χ3v) is 1.51. The summed E-state index contributed by atoms with van der Waals surface area (Å²) >= 11 is 0. The molecule has 5 heteroatoms. The Morgan fingerprint density at radius 1 is 1.67 bits per heavy atom. The highest BCUT2D eigenvalue weighted by molar-refractivity contribution is 5.74. The van der Waals surface area contributed by atoms with Crippen LogP contribution < -0.4 is 5.56 Å². The van der Waals surface area contributed by atoms with E-state index in [9.17, 15) is 9.59 Å². The lowest BCUT2D eigenvalue weighted by atomic mass is 10.1. The fourth-order valence-electron chi connectivity index (χ4n) is 0.723. The standard InChI is InChI=1S/C7H8N2O3/c1-4(7(11)12)5-2-3-6(10)9-8-5/h2-4H,1H3,(H,9,10)(H,11,12). The molecule has 0 aliphatic heterocycles. The van der Waals surface area contributed by atoms with E-state index in [0.717, 1.165) is 0 Å². The summed E-state index contributed by atoms with van der Waals surface area (Å²) in [5.41, 5.74) is 0.0124. The van der Waals surface area contributed by atoms with Crippen molar-refractivity contribution in [2.45, 2.75) is 12.8 Å². The Bertz CT molecular complexity index is 324. The number of carboxylic acids is 1. The summed E-state index contributed by atoms with van der Waals surface area (Å²) in [7, 11) is 0. The first kappa shape index (κ1) is 8.45. The van der Waals surface area contributed by atoms with Crippen LogP contribution in [-0.2, 0) is 4.79 Å². The first-order chi connectivity index (χ1) is 5.61. The molecule has 0 fully saturated rings. The quantitative estimate of drug-likeness (QED) is 0.648. The van der Waals surface area contributed by atoms with E-state index in [1.165, 1.54) is 19.1 Å². The highest BCUT2D eigenvalue weighted by Crippen LogP contribution is 2.08. The number of aromatic nitrogens is 2. The van der Waals surface area contributed by atoms with Crippen LogP contribution in [0.2, 0.25) is 0 Å². The molecule has 5 nitrogen and oxygen atoms in total. The molecule has 64 valence electrons. The van der Waals surface area contributed by atoms with Gasteiger partial charge < -0.3 is 5.11 Å². The molecule has 1 heterocycles. The molecule has 1 rings (SSSR count). The van der Waals surface area contributed by atoms with Gasteiger partial charge in [-0.15, -0.1) is 0 Å². The highest BCUT2D eigenvalue weighted by atomic mass is 16.4. The summed E-state index contributed by atoms with van der Waals surface area (Å²) in [4.78, 5) is 21.0. The predicted molar refractivity (Wildman–Crippen MR) is 40.9 cm³/mol. The maximum Gasteiger partial charge on any atom is 0.312 e. The summed E-state index contributed by atoms with van der Waals surface area (Å²) in [6, 6.07) is 2.65. The summed E-state index contributed by atoms with van der Waals surface area (Å²) < 4.78 is 0. The van der Waals surface area contributed by atoms with Crippen molar-refractivity contribution in [3.05, 3.63) is 28.2 Å². The van der Waals surface area contributed by atoms with Crippen LogP contribution in [0.15, 0.2) is 16.9 Å². The number of H-pyrrole nitrogens is 1. The first-order valence-corrected chi connectivity index (χ1v) is 3.39. The Morgan fingerprint density at radius 2 is 2.33 bits per heavy atom. The van der Waals surface area contributed by atoms with Gasteiger partial charge in [0.05, 0.1) is 11.6 Å². The van der Waals surface area contributed by atoms with Crippen molar-refractivity contribution >= 4 is 5.97 Å². The zero-order valence-corrected chi connectivity index (χ0v) is 6.44. The average molecular weight is 168 g/mol. The van der Waals surface area contributed by atoms with Crippen LogP contribution in [0, 0.1) is 0 Å². The molecule has 0 aliphatic rings. The van der Waals surface area contributed by atoms with Gasteiger partial charge in [0.2, 0.25) is 0 Å². The molecule has 0 saturated carbocycles. The lowest BCUT2D eigenvalue weighted by Crippen LogP contribution is -2.14. The molecule has 0 aromatic carbocycles. The number of nitrogens with one attached hydrogen (secondary N) is 1. The van der Waals surface area contributed by atoms with E-state index < -0.39 is 11.9 Å². The fourth-order valence-corrected chi connectivity index (χ4v) is 0.723. The number of carboxylic acid groups (broad SMARTS) is 1. The van der Waals surface area contributed by atoms with Gasteiger partial charge in [0.15, 0.2) is 0 Å². The molecule has 0 radical (unpaired) electrons. The zero-order valence-electron chi connectivity index (χ0n) is 6.44. The molecular formula is C7H8N2O3. The van der Waals surface area contributed by atoms with Crippen molar-refractivity contribution in [3.8, 4) is 0 Å². The van der Waals surface area contributed by atoms with Crippen LogP contribution in [0.4, 0.5) is 0 Å². The molecule has 1 atom stereocenters. The molecule has 0 aliphatic carbocycles. The third-order valence-electron chi connectivity index (χ3n) is 1.51. The summed E-state index contributed by atoms with van der Waals surface area (Å²) in [5, 5.41) is 14.3. The van der Waals surface area contributed by atoms with Gasteiger partial charge in [-0.1, -0.05) is 0 Å². The Balaban J connectivity index is 2.97. The number of hydrogen-bond donors (Lipinski definition) is 2. The first-order valence-electron chi connectivity index (χ1n) is 3.39. The van der Waals surface area contributed by atoms with Crippen LogP contribution in [0.3, 0.4) is 0 Å². The highest BCUT2D eigenvalue weighted by Gasteiger charge is 2.14. The van der Waals surface area contributed by atoms with Crippen LogP contribution in [0.1, 0.15) is 18.5 Å². The smallest absolute Gasteiger partial charge is 0.312 e. The van der Waals surface area contributed by atoms with Crippen molar-refractivity contribution in [2.75, 3.05) is 0 Å². The molecule has 1 aromatic rings. The Hall–Kier alpha value is -1.65. The third kappa shape index (κ3) is 1.69. The second-order valence-electron chi connectivity index (χ2n) is 2.41. The monoisotopic (exact) mass is 168 g/mol. The number of aromatic amines is 1. The minimum atomic E-state index is -0.963. The van der Waals surface area contributed by atoms with Gasteiger partial charge in [0, 0.05) is 6.07 Å². The van der Waals surface area contributed by atoms with E-state index in [-0.39, 0.29) is 5.56 Å². The summed E-state index contributed by atoms with van der Waals surface area (Å²) in [6.45, 7) is 1.50. The Kier molecular flexibility index (Phi) is 2.23. The average Bonchev–Trinajstić information content (AvgIpc) is 2.04. The molecule has 2 N–H and O–H groups in total. The minimum Gasteiger partial charge on any atom is -0.481 e. The second kappa shape index (κ2) is 3.17. The largest absolute Gasteiger partial charge is 0.481 e. The van der Waals surface area contributed by atoms with Gasteiger partial charge in [0.1, 0.15) is 0 Å². The van der Waals surface area contributed by atoms with Crippen LogP contribution in [0.25, 0.3) is 0 Å². The maximum atomic E-state index is 10.5. The lowest BCUT2D eigenvalue weighted by Gasteiger charge is -2.02. The van der Waals surface area contributed by atoms with Crippen molar-refractivity contribution in [1.82, 2.24) is 10.2 Å². The topological polar surface area (TPSA) is 83.0 Å². The van der Waals surface area contributed by atoms with Crippen LogP contribution in [-0.4, -0.2) is 21.3 Å². The molecule has 1 unspecified atom stereocenters. The normalized spacial score (nSPS) is 12.4. The van der Waals surface area contributed by atoms with Crippen molar-refractivity contribution in [3.63, 3.8) is 0 Å². The molecule has 0 saturated heterocycles. The van der Waals surface area contributed by atoms with E-state index in [4.69, 9.17) is 5.11 Å². The van der Waals surface area contributed by atoms with Crippen LogP contribution in [0.5, 0.6) is 0 Å². The zero-order chi connectivity index (χ0) is 9.14. The van der Waals surface area contributed by atoms with Gasteiger partial charge in [0.25, 0.3) is 5.56 Å². The second-order valence-corrected chi connectivity index (χ2v) is 2.41. The number of carbonyl (C=O) groups is 1. The van der Waals surface area contributed by atoms with E-state index in [1.807, 2.05) is 0 Å². The number of hydrogen-bond acceptors (Lipinski definition) is 3. The van der Waals surface area contributed by atoms with Crippen molar-refractivity contribution in [1.29, 1.82) is 0 Å². The molecule has 12 heavy (non-hydrogen) atoms. The summed E-state index contributed by atoms with van der Waals surface area (Å²) in [5.74, 6) is -1.66. The minimum absolute atomic E-state index is 0.337. The van der Waals surface area contributed by atoms with E-state index in [1.54, 1.807) is 0 Å². The SMILES string of the molecule is CC(C(=O)O)c1ccc(=O)[nH]n1. The summed E-state index contributed by atoms with van der Waals surface area (Å²) in [6.07, 6.45) is 0. The number of rotatable bonds is 2. The van der Waals surface area contributed by atoms with Crippen molar-refractivity contribution in [2.24, 2.45) is 0 Å². The lowest BCUT2D eigenvalue weighted by molar-refractivity contribution is -0.138. The number of aliphatic carboxylic acids is 1. The molecule has 0 spiro atoms. The van der Waals surface area contributed by atoms with E-state index in [0.29, 0.717) is 5.69 Å². The molecule has 1 aromatic heterocycles. The van der Waals surface area contributed by atoms with E-state index >= 15 is 0 Å². The van der Waals surface area contributed by atoms with Gasteiger partial charge in [-0.05, 0) is 13.0 Å². The molecular weight excluding hydrogens is 160 g/mol. The van der Waals surface area contributed by atoms with Gasteiger partial charge in [-0.25, -0.2) is 5.10 Å². The van der Waals surface area contributed by atoms with Gasteiger partial charge in [-0.2, -0.15) is 5.10 Å². The number of nitrogens with zero attached hydrogens (tertiary/aromatic N) is 1. The Labute approximate surface area is 68.1 Å². The van der Waals surface area contributed by atoms with Gasteiger partial charge in [-0.3, -0.25) is 9.59 Å². The maximum absolute atomic E-state index is 10.5. The van der Waals surface area contributed by atoms with Crippen LogP contribution >= 0.6 is 0 Å². The van der Waals surface area contributed by atoms with E-state index in [2.05, 4.69) is 10.2 Å². The molecule has 0 bridgehead atoms.